The van der Waals surface area contributed by atoms with Gasteiger partial charge in [-0.3, -0.25) is 9.59 Å². The van der Waals surface area contributed by atoms with E-state index in [1.807, 2.05) is 6.07 Å². The smallest absolute Gasteiger partial charge is 0.416 e. The molecule has 0 aliphatic carbocycles. The van der Waals surface area contributed by atoms with Gasteiger partial charge in [0.2, 0.25) is 11.8 Å². The second-order valence-corrected chi connectivity index (χ2v) is 11.9. The number of amides is 2. The average Bonchev–Trinajstić information content (AvgIpc) is 3.35. The summed E-state index contributed by atoms with van der Waals surface area (Å²) >= 11 is 0. The van der Waals surface area contributed by atoms with Crippen LogP contribution in [0.25, 0.3) is 0 Å². The number of likely N-dealkylation sites (tertiary alicyclic amines) is 1. The molecule has 11 heteroatoms. The molecule has 2 aromatic carbocycles. The van der Waals surface area contributed by atoms with Crippen LogP contribution in [0.1, 0.15) is 35.6 Å². The fourth-order valence-corrected chi connectivity index (χ4v) is 5.66. The molecule has 2 amide bonds. The van der Waals surface area contributed by atoms with E-state index in [0.717, 1.165) is 29.5 Å². The summed E-state index contributed by atoms with van der Waals surface area (Å²) in [6.45, 7) is 4.88. The van der Waals surface area contributed by atoms with Crippen LogP contribution >= 0.6 is 0 Å². The summed E-state index contributed by atoms with van der Waals surface area (Å²) in [5.41, 5.74) is 1.04. The van der Waals surface area contributed by atoms with Gasteiger partial charge in [0.15, 0.2) is 0 Å². The summed E-state index contributed by atoms with van der Waals surface area (Å²) in [6.07, 6.45) is -1.06. The Morgan fingerprint density at radius 2 is 1.79 bits per heavy atom. The van der Waals surface area contributed by atoms with Crippen LogP contribution in [0.5, 0.6) is 11.5 Å². The number of carbonyl (C=O) groups excluding carboxylic acids is 2. The number of rotatable bonds is 7. The van der Waals surface area contributed by atoms with Crippen molar-refractivity contribution >= 4 is 21.7 Å². The molecule has 0 aromatic heterocycles. The Labute approximate surface area is 219 Å². The van der Waals surface area contributed by atoms with Crippen molar-refractivity contribution in [1.82, 2.24) is 9.80 Å². The van der Waals surface area contributed by atoms with Crippen molar-refractivity contribution in [2.75, 3.05) is 31.6 Å². The first kappa shape index (κ1) is 27.7. The van der Waals surface area contributed by atoms with Crippen LogP contribution in [0.15, 0.2) is 55.1 Å². The molecule has 38 heavy (non-hydrogen) atoms. The first-order valence-corrected chi connectivity index (χ1v) is 14.3. The summed E-state index contributed by atoms with van der Waals surface area (Å²) in [4.78, 5) is 28.8. The second-order valence-electron chi connectivity index (χ2n) is 9.68. The molecule has 0 bridgehead atoms. The van der Waals surface area contributed by atoms with Crippen LogP contribution in [0.3, 0.4) is 0 Å². The number of halogens is 3. The Hall–Kier alpha value is -3.34. The molecular weight excluding hydrogens is 521 g/mol. The van der Waals surface area contributed by atoms with E-state index in [0.29, 0.717) is 38.2 Å². The van der Waals surface area contributed by atoms with Gasteiger partial charge < -0.3 is 14.5 Å². The predicted molar refractivity (Wildman–Crippen MR) is 135 cm³/mol. The Morgan fingerprint density at radius 3 is 2.42 bits per heavy atom. The maximum Gasteiger partial charge on any atom is 0.416 e. The van der Waals surface area contributed by atoms with E-state index >= 15 is 0 Å². The first-order chi connectivity index (χ1) is 17.9. The SMILES string of the molecule is C=CC(=O)N1CC[C@@H]([C@@H]2c3cc(Oc4ccc(C(F)(F)F)cc4)ccc3CCN2C(=O)CCS(C)(=O)=O)C1. The maximum absolute atomic E-state index is 13.2. The molecule has 4 rings (SSSR count). The summed E-state index contributed by atoms with van der Waals surface area (Å²) in [5, 5.41) is 0. The number of carbonyl (C=O) groups is 2. The Bertz CT molecular complexity index is 1330. The van der Waals surface area contributed by atoms with Crippen molar-refractivity contribution in [1.29, 1.82) is 0 Å². The van der Waals surface area contributed by atoms with Gasteiger partial charge >= 0.3 is 6.18 Å². The zero-order chi connectivity index (χ0) is 27.7. The molecular formula is C27H29F3N2O5S. The van der Waals surface area contributed by atoms with Gasteiger partial charge in [0.25, 0.3) is 0 Å². The van der Waals surface area contributed by atoms with Gasteiger partial charge in [-0.2, -0.15) is 13.2 Å². The molecule has 0 saturated carbocycles. The highest BCUT2D eigenvalue weighted by Crippen LogP contribution is 2.42. The highest BCUT2D eigenvalue weighted by Gasteiger charge is 2.40. The standard InChI is InChI=1S/C27H29F3N2O5S/c1-3-24(33)31-13-10-19(17-31)26-23-16-22(37-21-8-5-20(6-9-21)27(28,29)30)7-4-18(23)11-14-32(26)25(34)12-15-38(2,35)36/h3-9,16,19,26H,1,10-15,17H2,2H3/t19-,26-/m1/s1. The molecule has 204 valence electrons. The molecule has 2 atom stereocenters. The van der Waals surface area contributed by atoms with Crippen LogP contribution in [0.4, 0.5) is 13.2 Å². The number of fused-ring (bicyclic) bond motifs is 1. The number of nitrogens with zero attached hydrogens (tertiary/aromatic N) is 2. The normalized spacial score (nSPS) is 19.7. The number of ether oxygens (including phenoxy) is 1. The average molecular weight is 551 g/mol. The zero-order valence-electron chi connectivity index (χ0n) is 20.9. The van der Waals surface area contributed by atoms with E-state index in [1.165, 1.54) is 18.2 Å². The third-order valence-corrected chi connectivity index (χ3v) is 7.92. The number of benzene rings is 2. The van der Waals surface area contributed by atoms with E-state index in [-0.39, 0.29) is 35.7 Å². The molecule has 0 N–H and O–H groups in total. The lowest BCUT2D eigenvalue weighted by Gasteiger charge is -2.41. The van der Waals surface area contributed by atoms with Gasteiger partial charge in [-0.25, -0.2) is 8.42 Å². The van der Waals surface area contributed by atoms with E-state index in [4.69, 9.17) is 4.74 Å². The Kier molecular flexibility index (Phi) is 7.87. The van der Waals surface area contributed by atoms with Crippen molar-refractivity contribution in [2.24, 2.45) is 5.92 Å². The van der Waals surface area contributed by atoms with E-state index in [2.05, 4.69) is 6.58 Å². The van der Waals surface area contributed by atoms with Gasteiger partial charge in [-0.1, -0.05) is 12.6 Å². The summed E-state index contributed by atoms with van der Waals surface area (Å²) in [7, 11) is -3.33. The van der Waals surface area contributed by atoms with Gasteiger partial charge in [-0.15, -0.1) is 0 Å². The minimum Gasteiger partial charge on any atom is -0.457 e. The molecule has 0 spiro atoms. The first-order valence-electron chi connectivity index (χ1n) is 12.2. The van der Waals surface area contributed by atoms with Crippen molar-refractivity contribution in [3.05, 3.63) is 71.8 Å². The van der Waals surface area contributed by atoms with E-state index in [1.54, 1.807) is 21.9 Å². The maximum atomic E-state index is 13.2. The third-order valence-electron chi connectivity index (χ3n) is 6.98. The Morgan fingerprint density at radius 1 is 1.11 bits per heavy atom. The molecule has 2 heterocycles. The van der Waals surface area contributed by atoms with Crippen molar-refractivity contribution < 1.29 is 35.9 Å². The lowest BCUT2D eigenvalue weighted by atomic mass is 9.83. The van der Waals surface area contributed by atoms with Gasteiger partial charge in [-0.05, 0) is 66.4 Å². The lowest BCUT2D eigenvalue weighted by Crippen LogP contribution is -2.44. The summed E-state index contributed by atoms with van der Waals surface area (Å²) in [5.74, 6) is -0.205. The Balaban J connectivity index is 1.64. The molecule has 2 aromatic rings. The summed E-state index contributed by atoms with van der Waals surface area (Å²) in [6, 6.07) is 9.37. The van der Waals surface area contributed by atoms with Crippen molar-refractivity contribution in [2.45, 2.75) is 31.5 Å². The second kappa shape index (κ2) is 10.8. The number of alkyl halides is 3. The van der Waals surface area contributed by atoms with E-state index in [9.17, 15) is 31.2 Å². The fraction of sp³-hybridized carbons (Fsp3) is 0.407. The number of hydrogen-bond acceptors (Lipinski definition) is 5. The minimum absolute atomic E-state index is 0.0959. The largest absolute Gasteiger partial charge is 0.457 e. The lowest BCUT2D eigenvalue weighted by molar-refractivity contribution is -0.137. The quantitative estimate of drug-likeness (QED) is 0.478. The molecule has 1 saturated heterocycles. The minimum atomic E-state index is -4.45. The molecule has 0 radical (unpaired) electrons. The fourth-order valence-electron chi connectivity index (χ4n) is 5.11. The topological polar surface area (TPSA) is 84.0 Å². The zero-order valence-corrected chi connectivity index (χ0v) is 21.7. The van der Waals surface area contributed by atoms with Gasteiger partial charge in [0, 0.05) is 38.2 Å². The van der Waals surface area contributed by atoms with Gasteiger partial charge in [0.1, 0.15) is 21.3 Å². The highest BCUT2D eigenvalue weighted by atomic mass is 32.2. The highest BCUT2D eigenvalue weighted by molar-refractivity contribution is 7.90. The molecule has 1 fully saturated rings. The van der Waals surface area contributed by atoms with Gasteiger partial charge in [0.05, 0.1) is 17.4 Å². The summed E-state index contributed by atoms with van der Waals surface area (Å²) < 4.78 is 68.0. The molecule has 2 aliphatic heterocycles. The molecule has 0 unspecified atom stereocenters. The number of hydrogen-bond donors (Lipinski definition) is 0. The van der Waals surface area contributed by atoms with Crippen molar-refractivity contribution in [3.8, 4) is 11.5 Å². The van der Waals surface area contributed by atoms with E-state index < -0.39 is 27.6 Å². The molecule has 7 nitrogen and oxygen atoms in total. The monoisotopic (exact) mass is 550 g/mol. The van der Waals surface area contributed by atoms with Crippen LogP contribution in [0.2, 0.25) is 0 Å². The van der Waals surface area contributed by atoms with Crippen LogP contribution in [-0.2, 0) is 32.0 Å². The molecule has 2 aliphatic rings. The van der Waals surface area contributed by atoms with Crippen LogP contribution in [0, 0.1) is 5.92 Å². The van der Waals surface area contributed by atoms with Crippen LogP contribution < -0.4 is 4.74 Å². The van der Waals surface area contributed by atoms with Crippen LogP contribution in [-0.4, -0.2) is 61.7 Å². The predicted octanol–water partition coefficient (Wildman–Crippen LogP) is 4.39. The third kappa shape index (κ3) is 6.38. The number of sulfone groups is 1. The van der Waals surface area contributed by atoms with Crippen molar-refractivity contribution in [3.63, 3.8) is 0 Å².